The van der Waals surface area contributed by atoms with Crippen molar-refractivity contribution < 1.29 is 38.1 Å². The van der Waals surface area contributed by atoms with Crippen LogP contribution in [0.4, 0.5) is 15.3 Å². The zero-order valence-electron chi connectivity index (χ0n) is 36.7. The summed E-state index contributed by atoms with van der Waals surface area (Å²) in [6.45, 7) is 10.7. The van der Waals surface area contributed by atoms with Gasteiger partial charge in [-0.15, -0.1) is 0 Å². The van der Waals surface area contributed by atoms with Gasteiger partial charge >= 0.3 is 12.2 Å². The van der Waals surface area contributed by atoms with Gasteiger partial charge < -0.3 is 44.4 Å². The van der Waals surface area contributed by atoms with Gasteiger partial charge in [0.1, 0.15) is 30.3 Å². The van der Waals surface area contributed by atoms with Gasteiger partial charge in [0.05, 0.1) is 50.0 Å². The van der Waals surface area contributed by atoms with Gasteiger partial charge in [0.25, 0.3) is 0 Å². The maximum atomic E-state index is 14.0. The van der Waals surface area contributed by atoms with Crippen LogP contribution in [0.25, 0.3) is 33.2 Å². The van der Waals surface area contributed by atoms with Crippen molar-refractivity contribution in [1.82, 2.24) is 30.4 Å². The molecule has 0 spiro atoms. The van der Waals surface area contributed by atoms with E-state index in [4.69, 9.17) is 28.9 Å². The highest BCUT2D eigenvalue weighted by atomic mass is 16.5. The first kappa shape index (κ1) is 42.7. The molecule has 4 aliphatic heterocycles. The second-order valence-corrected chi connectivity index (χ2v) is 17.4. The summed E-state index contributed by atoms with van der Waals surface area (Å²) in [6, 6.07) is 12.8. The number of likely N-dealkylation sites (tertiary alicyclic amines) is 2. The van der Waals surface area contributed by atoms with Crippen molar-refractivity contribution in [3.8, 4) is 28.1 Å². The molecule has 0 saturated carbocycles. The molecule has 4 aliphatic rings. The average Bonchev–Trinajstić information content (AvgIpc) is 4.11. The van der Waals surface area contributed by atoms with Gasteiger partial charge in [-0.05, 0) is 102 Å². The van der Waals surface area contributed by atoms with E-state index in [1.165, 1.54) is 21.3 Å². The lowest BCUT2D eigenvalue weighted by Gasteiger charge is -2.33. The Morgan fingerprint density at radius 2 is 1.68 bits per heavy atom. The third kappa shape index (κ3) is 7.86. The number of amides is 4. The monoisotopic (exact) mass is 847 g/mol. The highest BCUT2D eigenvalue weighted by Crippen LogP contribution is 2.45. The maximum absolute atomic E-state index is 14.0. The molecule has 4 amide bonds. The molecule has 1 aromatic heterocycles. The molecule has 62 heavy (non-hydrogen) atoms. The molecule has 8 rings (SSSR count). The predicted octanol–water partition coefficient (Wildman–Crippen LogP) is 7.24. The lowest BCUT2D eigenvalue weighted by molar-refractivity contribution is -0.138. The topological polar surface area (TPSA) is 177 Å². The minimum Gasteiger partial charge on any atom is -0.488 e. The fraction of sp³-hybridized carbons (Fsp3) is 0.489. The normalized spacial score (nSPS) is 21.7. The Labute approximate surface area is 361 Å². The van der Waals surface area contributed by atoms with Crippen LogP contribution < -0.4 is 15.4 Å². The quantitative estimate of drug-likeness (QED) is 0.141. The smallest absolute Gasteiger partial charge is 0.407 e. The number of aliphatic imine (C=N–C) groups is 1. The predicted molar refractivity (Wildman–Crippen MR) is 234 cm³/mol. The molecule has 2 saturated heterocycles. The lowest BCUT2D eigenvalue weighted by atomic mass is 9.90. The number of alkyl carbamates (subject to hydrolysis) is 2. The van der Waals surface area contributed by atoms with Gasteiger partial charge in [-0.2, -0.15) is 0 Å². The van der Waals surface area contributed by atoms with E-state index in [0.29, 0.717) is 25.4 Å². The second-order valence-electron chi connectivity index (χ2n) is 17.4. The fourth-order valence-corrected chi connectivity index (χ4v) is 9.69. The van der Waals surface area contributed by atoms with E-state index < -0.39 is 30.4 Å². The Morgan fingerprint density at radius 1 is 0.919 bits per heavy atom. The largest absolute Gasteiger partial charge is 0.488 e. The molecule has 7 atom stereocenters. The van der Waals surface area contributed by atoms with E-state index in [2.05, 4.69) is 71.9 Å². The molecule has 328 valence electrons. The number of fused-ring (bicyclic) bond motifs is 6. The summed E-state index contributed by atoms with van der Waals surface area (Å²) in [7, 11) is 4.08. The number of nitrogens with zero attached hydrogens (tertiary/aromatic N) is 4. The number of benzene rings is 3. The van der Waals surface area contributed by atoms with Crippen LogP contribution in [-0.2, 0) is 36.8 Å². The van der Waals surface area contributed by atoms with Gasteiger partial charge in [0.15, 0.2) is 0 Å². The molecule has 0 aliphatic carbocycles. The summed E-state index contributed by atoms with van der Waals surface area (Å²) in [6.07, 6.45) is 3.86. The van der Waals surface area contributed by atoms with Crippen LogP contribution in [0.2, 0.25) is 0 Å². The highest BCUT2D eigenvalue weighted by Gasteiger charge is 2.44. The van der Waals surface area contributed by atoms with E-state index in [0.717, 1.165) is 87.1 Å². The minimum absolute atomic E-state index is 0.0103. The van der Waals surface area contributed by atoms with Crippen LogP contribution in [0.15, 0.2) is 53.7 Å². The molecule has 0 radical (unpaired) electrons. The number of imidazole rings is 1. The van der Waals surface area contributed by atoms with E-state index in [-0.39, 0.29) is 41.8 Å². The molecule has 3 N–H and O–H groups in total. The Kier molecular flexibility index (Phi) is 12.0. The van der Waals surface area contributed by atoms with Crippen molar-refractivity contribution in [3.63, 3.8) is 0 Å². The van der Waals surface area contributed by atoms with Crippen LogP contribution in [-0.4, -0.2) is 108 Å². The third-order valence-corrected chi connectivity index (χ3v) is 13.3. The number of aromatic amines is 1. The number of nitrogens with one attached hydrogen (secondary N) is 3. The first-order valence-electron chi connectivity index (χ1n) is 21.7. The van der Waals surface area contributed by atoms with Crippen molar-refractivity contribution in [2.75, 3.05) is 27.9 Å². The van der Waals surface area contributed by atoms with Crippen LogP contribution in [0.3, 0.4) is 0 Å². The summed E-state index contributed by atoms with van der Waals surface area (Å²) in [4.78, 5) is 69.5. The fourth-order valence-electron chi connectivity index (χ4n) is 9.69. The number of methoxy groups -OCH3 is 3. The standard InChI is InChI=1S/C47H57N7O8/c1-9-27-16-39(53(22-27)44(55)42(26(5)59-6)52-47(58)61-8)43-48-21-37(50-43)29-11-13-31-30(17-29)23-62-40-20-32-28(18-34(31)40)12-14-35-33(32)19-36(49-35)38-15-10-25(4)54(38)45(56)41(24(2)3)51-46(57)60-7/h11-14,17-18,20-21,24-27,38-39,41-42H,9-10,15-16,19,22-23H2,1-8H3,(H,48,50)(H,51,57)(H,52,58)/t25-,26+,27-,38-,39-,41-,42?/m0/s1. The third-order valence-electron chi connectivity index (χ3n) is 13.3. The first-order valence-corrected chi connectivity index (χ1v) is 21.7. The molecular formula is C47H57N7O8. The molecular weight excluding hydrogens is 791 g/mol. The minimum atomic E-state index is -0.918. The Hall–Kier alpha value is -5.96. The van der Waals surface area contributed by atoms with E-state index in [1.54, 1.807) is 11.8 Å². The molecule has 0 bridgehead atoms. The van der Waals surface area contributed by atoms with Gasteiger partial charge in [0.2, 0.25) is 11.8 Å². The summed E-state index contributed by atoms with van der Waals surface area (Å²) < 4.78 is 21.6. The van der Waals surface area contributed by atoms with Crippen LogP contribution >= 0.6 is 0 Å². The lowest BCUT2D eigenvalue weighted by Crippen LogP contribution is -2.55. The summed E-state index contributed by atoms with van der Waals surface area (Å²) >= 11 is 0. The Balaban J connectivity index is 1.02. The number of H-pyrrole nitrogens is 1. The Bertz CT molecular complexity index is 2430. The number of carbonyl (C=O) groups is 4. The van der Waals surface area contributed by atoms with E-state index >= 15 is 0 Å². The van der Waals surface area contributed by atoms with Crippen molar-refractivity contribution in [2.45, 2.75) is 110 Å². The Morgan fingerprint density at radius 3 is 2.39 bits per heavy atom. The van der Waals surface area contributed by atoms with Crippen molar-refractivity contribution >= 4 is 46.2 Å². The number of hydrogen-bond acceptors (Lipinski definition) is 10. The molecule has 5 heterocycles. The molecule has 2 fully saturated rings. The highest BCUT2D eigenvalue weighted by molar-refractivity contribution is 6.06. The van der Waals surface area contributed by atoms with Crippen molar-refractivity contribution in [1.29, 1.82) is 0 Å². The number of hydrogen-bond donors (Lipinski definition) is 3. The van der Waals surface area contributed by atoms with Crippen molar-refractivity contribution in [3.05, 3.63) is 65.6 Å². The average molecular weight is 848 g/mol. The number of carbonyl (C=O) groups excluding carboxylic acids is 4. The van der Waals surface area contributed by atoms with Gasteiger partial charge in [-0.25, -0.2) is 14.6 Å². The molecule has 15 nitrogen and oxygen atoms in total. The second kappa shape index (κ2) is 17.4. The van der Waals surface area contributed by atoms with Gasteiger partial charge in [0, 0.05) is 37.4 Å². The number of aromatic nitrogens is 2. The van der Waals surface area contributed by atoms with Crippen LogP contribution in [0.5, 0.6) is 5.75 Å². The number of ether oxygens (including phenoxy) is 4. The van der Waals surface area contributed by atoms with Crippen LogP contribution in [0.1, 0.15) is 83.3 Å². The molecule has 15 heteroatoms. The maximum Gasteiger partial charge on any atom is 0.407 e. The van der Waals surface area contributed by atoms with Gasteiger partial charge in [-0.1, -0.05) is 45.4 Å². The van der Waals surface area contributed by atoms with Gasteiger partial charge in [-0.3, -0.25) is 14.6 Å². The summed E-state index contributed by atoms with van der Waals surface area (Å²) in [5.41, 5.74) is 7.93. The van der Waals surface area contributed by atoms with E-state index in [1.807, 2.05) is 24.9 Å². The van der Waals surface area contributed by atoms with Crippen LogP contribution in [0, 0.1) is 11.8 Å². The van der Waals surface area contributed by atoms with E-state index in [9.17, 15) is 19.2 Å². The first-order chi connectivity index (χ1) is 29.8. The summed E-state index contributed by atoms with van der Waals surface area (Å²) in [5, 5.41) is 7.58. The molecule has 4 aromatic rings. The number of rotatable bonds is 11. The molecule has 1 unspecified atom stereocenters. The zero-order chi connectivity index (χ0) is 44.0. The molecule has 3 aromatic carbocycles. The summed E-state index contributed by atoms with van der Waals surface area (Å²) in [5.74, 6) is 1.30. The van der Waals surface area contributed by atoms with Crippen molar-refractivity contribution in [2.24, 2.45) is 16.8 Å². The SMILES string of the molecule is CC[C@H]1C[C@@H](c2ncc(-c3ccc4c(c3)COc3cc5c6c(ccc5cc3-4)N=C([C@@H]3CC[C@H](C)N3C(=O)[C@@H](NC(=O)OC)C(C)C)C6)[nH]2)N(C(=O)C(NC(=O)OC)[C@@H](C)OC)C1. The zero-order valence-corrected chi connectivity index (χ0v) is 36.7.